The Hall–Kier alpha value is -1.24. The maximum Gasteiger partial charge on any atom is 0.205 e. The molecule has 2 rings (SSSR count). The molecule has 0 amide bonds. The first-order valence-corrected chi connectivity index (χ1v) is 6.65. The van der Waals surface area contributed by atoms with E-state index < -0.39 is 0 Å². The highest BCUT2D eigenvalue weighted by molar-refractivity contribution is 6.33. The van der Waals surface area contributed by atoms with Crippen LogP contribution in [0.4, 0.5) is 11.4 Å². The predicted molar refractivity (Wildman–Crippen MR) is 76.3 cm³/mol. The second kappa shape index (κ2) is 5.60. The summed E-state index contributed by atoms with van der Waals surface area (Å²) in [6.07, 6.45) is 4.42. The maximum atomic E-state index is 6.99. The summed E-state index contributed by atoms with van der Waals surface area (Å²) in [5.41, 5.74) is 7.52. The minimum absolute atomic E-state index is 0.364. The third-order valence-corrected chi connectivity index (χ3v) is 4.05. The zero-order valence-corrected chi connectivity index (χ0v) is 11.3. The highest BCUT2D eigenvalue weighted by atomic mass is 35.5. The predicted octanol–water partition coefficient (Wildman–Crippen LogP) is 3.60. The molecule has 1 aliphatic carbocycles. The van der Waals surface area contributed by atoms with Gasteiger partial charge in [-0.2, -0.15) is 0 Å². The highest BCUT2D eigenvalue weighted by Gasteiger charge is 2.22. The average molecular weight is 264 g/mol. The van der Waals surface area contributed by atoms with Crippen LogP contribution in [0.2, 0.25) is 5.02 Å². The first kappa shape index (κ1) is 13.2. The van der Waals surface area contributed by atoms with Gasteiger partial charge < -0.3 is 10.6 Å². The Morgan fingerprint density at radius 2 is 2.00 bits per heavy atom. The van der Waals surface area contributed by atoms with Gasteiger partial charge in [-0.25, -0.2) is 4.85 Å². The Labute approximate surface area is 113 Å². The van der Waals surface area contributed by atoms with E-state index in [4.69, 9.17) is 23.9 Å². The fourth-order valence-electron chi connectivity index (χ4n) is 2.51. The summed E-state index contributed by atoms with van der Waals surface area (Å²) < 4.78 is 0. The van der Waals surface area contributed by atoms with E-state index >= 15 is 0 Å². The SMILES string of the molecule is [C-]#[N+]c1ccc(N(C)C2CCC(N)CC2)cc1Cl. The fourth-order valence-corrected chi connectivity index (χ4v) is 2.72. The smallest absolute Gasteiger partial charge is 0.205 e. The molecule has 18 heavy (non-hydrogen) atoms. The van der Waals surface area contributed by atoms with Gasteiger partial charge in [-0.05, 0) is 37.8 Å². The molecule has 0 aromatic heterocycles. The summed E-state index contributed by atoms with van der Waals surface area (Å²) in [5, 5.41) is 0.530. The van der Waals surface area contributed by atoms with Crippen molar-refractivity contribution in [3.63, 3.8) is 0 Å². The molecule has 1 aromatic rings. The molecule has 1 aliphatic rings. The Balaban J connectivity index is 2.11. The van der Waals surface area contributed by atoms with E-state index in [1.54, 1.807) is 6.07 Å². The van der Waals surface area contributed by atoms with E-state index in [0.717, 1.165) is 31.4 Å². The third kappa shape index (κ3) is 2.77. The lowest BCUT2D eigenvalue weighted by atomic mass is 9.91. The van der Waals surface area contributed by atoms with Crippen LogP contribution in [0.25, 0.3) is 4.85 Å². The van der Waals surface area contributed by atoms with Crippen molar-refractivity contribution in [3.8, 4) is 0 Å². The van der Waals surface area contributed by atoms with Gasteiger partial charge >= 0.3 is 0 Å². The summed E-state index contributed by atoms with van der Waals surface area (Å²) in [6, 6.07) is 6.52. The van der Waals surface area contributed by atoms with Gasteiger partial charge in [0.2, 0.25) is 5.69 Å². The van der Waals surface area contributed by atoms with Crippen molar-refractivity contribution in [1.82, 2.24) is 0 Å². The van der Waals surface area contributed by atoms with Gasteiger partial charge in [0.1, 0.15) is 0 Å². The molecule has 0 saturated heterocycles. The van der Waals surface area contributed by atoms with Gasteiger partial charge in [0, 0.05) is 29.8 Å². The zero-order valence-electron chi connectivity index (χ0n) is 10.6. The van der Waals surface area contributed by atoms with Gasteiger partial charge in [0.05, 0.1) is 6.57 Å². The molecule has 0 aliphatic heterocycles. The second-order valence-corrected chi connectivity index (χ2v) is 5.33. The molecule has 2 N–H and O–H groups in total. The Kier molecular flexibility index (Phi) is 4.11. The van der Waals surface area contributed by atoms with Crippen LogP contribution in [0.5, 0.6) is 0 Å². The average Bonchev–Trinajstić information content (AvgIpc) is 2.38. The van der Waals surface area contributed by atoms with Crippen molar-refractivity contribution >= 4 is 23.0 Å². The Morgan fingerprint density at radius 3 is 2.56 bits per heavy atom. The normalized spacial score (nSPS) is 23.4. The van der Waals surface area contributed by atoms with E-state index in [1.165, 1.54) is 0 Å². The number of anilines is 1. The molecule has 0 bridgehead atoms. The summed E-state index contributed by atoms with van der Waals surface area (Å²) in [5.74, 6) is 0. The molecule has 0 radical (unpaired) electrons. The van der Waals surface area contributed by atoms with E-state index in [1.807, 2.05) is 12.1 Å². The summed E-state index contributed by atoms with van der Waals surface area (Å²) in [6.45, 7) is 6.99. The molecular weight excluding hydrogens is 246 g/mol. The van der Waals surface area contributed by atoms with Crippen LogP contribution < -0.4 is 10.6 Å². The van der Waals surface area contributed by atoms with Crippen LogP contribution in [0.1, 0.15) is 25.7 Å². The van der Waals surface area contributed by atoms with Crippen molar-refractivity contribution in [2.24, 2.45) is 5.73 Å². The summed E-state index contributed by atoms with van der Waals surface area (Å²) in [4.78, 5) is 5.63. The van der Waals surface area contributed by atoms with Crippen molar-refractivity contribution in [3.05, 3.63) is 34.6 Å². The van der Waals surface area contributed by atoms with Crippen LogP contribution in [-0.2, 0) is 0 Å². The van der Waals surface area contributed by atoms with E-state index in [2.05, 4.69) is 16.8 Å². The van der Waals surface area contributed by atoms with Crippen molar-refractivity contribution in [2.75, 3.05) is 11.9 Å². The maximum absolute atomic E-state index is 6.99. The minimum Gasteiger partial charge on any atom is -0.372 e. The number of nitrogens with two attached hydrogens (primary N) is 1. The molecule has 4 heteroatoms. The molecule has 1 saturated carbocycles. The number of nitrogens with zero attached hydrogens (tertiary/aromatic N) is 2. The Bertz CT molecular complexity index is 459. The molecule has 0 heterocycles. The minimum atomic E-state index is 0.364. The lowest BCUT2D eigenvalue weighted by Crippen LogP contribution is -2.38. The number of halogens is 1. The fraction of sp³-hybridized carbons (Fsp3) is 0.500. The van der Waals surface area contributed by atoms with Gasteiger partial charge in [0.25, 0.3) is 0 Å². The molecular formula is C14H18ClN3. The van der Waals surface area contributed by atoms with Crippen LogP contribution in [0.3, 0.4) is 0 Å². The molecule has 1 aromatic carbocycles. The lowest BCUT2D eigenvalue weighted by Gasteiger charge is -2.35. The van der Waals surface area contributed by atoms with Crippen LogP contribution in [-0.4, -0.2) is 19.1 Å². The van der Waals surface area contributed by atoms with E-state index in [9.17, 15) is 0 Å². The van der Waals surface area contributed by atoms with Gasteiger partial charge in [0.15, 0.2) is 0 Å². The third-order valence-electron chi connectivity index (χ3n) is 3.75. The zero-order chi connectivity index (χ0) is 13.1. The first-order valence-electron chi connectivity index (χ1n) is 6.27. The van der Waals surface area contributed by atoms with Gasteiger partial charge in [-0.15, -0.1) is 0 Å². The molecule has 3 nitrogen and oxygen atoms in total. The van der Waals surface area contributed by atoms with Crippen LogP contribution >= 0.6 is 11.6 Å². The number of rotatable bonds is 2. The molecule has 0 atom stereocenters. The summed E-state index contributed by atoms with van der Waals surface area (Å²) in [7, 11) is 2.09. The van der Waals surface area contributed by atoms with E-state index in [0.29, 0.717) is 22.8 Å². The number of hydrogen-bond acceptors (Lipinski definition) is 2. The highest BCUT2D eigenvalue weighted by Crippen LogP contribution is 2.32. The number of hydrogen-bond donors (Lipinski definition) is 1. The molecule has 0 unspecified atom stereocenters. The van der Waals surface area contributed by atoms with Crippen LogP contribution in [0.15, 0.2) is 18.2 Å². The number of benzene rings is 1. The first-order chi connectivity index (χ1) is 8.61. The summed E-state index contributed by atoms with van der Waals surface area (Å²) >= 11 is 6.08. The van der Waals surface area contributed by atoms with Crippen LogP contribution in [0, 0.1) is 6.57 Å². The second-order valence-electron chi connectivity index (χ2n) is 4.93. The standard InChI is InChI=1S/C14H18ClN3/c1-17-14-8-7-12(9-13(14)15)18(2)11-5-3-10(16)4-6-11/h7-11H,3-6,16H2,2H3. The molecule has 0 spiro atoms. The molecule has 96 valence electrons. The topological polar surface area (TPSA) is 33.6 Å². The molecule has 1 fully saturated rings. The van der Waals surface area contributed by atoms with Crippen molar-refractivity contribution < 1.29 is 0 Å². The Morgan fingerprint density at radius 1 is 1.33 bits per heavy atom. The van der Waals surface area contributed by atoms with E-state index in [-0.39, 0.29) is 0 Å². The largest absolute Gasteiger partial charge is 0.372 e. The monoisotopic (exact) mass is 263 g/mol. The quantitative estimate of drug-likeness (QED) is 0.828. The van der Waals surface area contributed by atoms with Crippen molar-refractivity contribution in [2.45, 2.75) is 37.8 Å². The lowest BCUT2D eigenvalue weighted by molar-refractivity contribution is 0.385. The van der Waals surface area contributed by atoms with Gasteiger partial charge in [-0.1, -0.05) is 17.7 Å². The van der Waals surface area contributed by atoms with Crippen molar-refractivity contribution in [1.29, 1.82) is 0 Å². The van der Waals surface area contributed by atoms with Gasteiger partial charge in [-0.3, -0.25) is 0 Å².